The third-order valence-corrected chi connectivity index (χ3v) is 6.07. The van der Waals surface area contributed by atoms with Crippen LogP contribution in [-0.2, 0) is 14.3 Å². The Kier molecular flexibility index (Phi) is 8.01. The summed E-state index contributed by atoms with van der Waals surface area (Å²) in [5.41, 5.74) is 2.49. The topological polar surface area (TPSA) is 114 Å². The summed E-state index contributed by atoms with van der Waals surface area (Å²) in [7, 11) is 1.44. The summed E-state index contributed by atoms with van der Waals surface area (Å²) in [5, 5.41) is 5.35. The molecule has 0 saturated carbocycles. The maximum Gasteiger partial charge on any atom is 0.338 e. The molecule has 10 heteroatoms. The SMILES string of the molecule is COc1ccc(C)cc1N1C(=O)C(Cl)=C(Nc2cccc(C(=O)Nc3ccc(C(=O)OC(C)C)cc3)c2)C1=O. The molecule has 1 aliphatic heterocycles. The van der Waals surface area contributed by atoms with Crippen molar-refractivity contribution >= 4 is 52.4 Å². The second-order valence-corrected chi connectivity index (χ2v) is 9.38. The van der Waals surface area contributed by atoms with Gasteiger partial charge in [0, 0.05) is 16.9 Å². The number of imide groups is 1. The zero-order chi connectivity index (χ0) is 28.3. The molecular weight excluding hydrogens is 522 g/mol. The fraction of sp³-hybridized carbons (Fsp3) is 0.172. The van der Waals surface area contributed by atoms with E-state index in [0.29, 0.717) is 22.7 Å². The number of carbonyl (C=O) groups excluding carboxylic acids is 4. The zero-order valence-corrected chi connectivity index (χ0v) is 22.5. The van der Waals surface area contributed by atoms with Crippen LogP contribution in [0, 0.1) is 6.92 Å². The van der Waals surface area contributed by atoms with Crippen molar-refractivity contribution in [1.29, 1.82) is 0 Å². The molecule has 200 valence electrons. The molecule has 4 rings (SSSR count). The molecule has 0 spiro atoms. The van der Waals surface area contributed by atoms with Gasteiger partial charge in [-0.2, -0.15) is 0 Å². The molecule has 0 atom stereocenters. The second-order valence-electron chi connectivity index (χ2n) is 9.00. The molecule has 39 heavy (non-hydrogen) atoms. The largest absolute Gasteiger partial charge is 0.495 e. The number of nitrogens with zero attached hydrogens (tertiary/aromatic N) is 1. The Labute approximate surface area is 230 Å². The van der Waals surface area contributed by atoms with E-state index in [1.165, 1.54) is 13.2 Å². The second kappa shape index (κ2) is 11.4. The lowest BCUT2D eigenvalue weighted by Crippen LogP contribution is -2.32. The Hall–Kier alpha value is -4.63. The van der Waals surface area contributed by atoms with Gasteiger partial charge >= 0.3 is 5.97 Å². The molecule has 2 N–H and O–H groups in total. The Balaban J connectivity index is 1.49. The van der Waals surface area contributed by atoms with Crippen LogP contribution in [0.3, 0.4) is 0 Å². The van der Waals surface area contributed by atoms with Gasteiger partial charge in [-0.3, -0.25) is 14.4 Å². The van der Waals surface area contributed by atoms with Crippen molar-refractivity contribution in [3.63, 3.8) is 0 Å². The number of aryl methyl sites for hydroxylation is 1. The number of amides is 3. The van der Waals surface area contributed by atoms with Crippen LogP contribution in [-0.4, -0.2) is 36.9 Å². The number of benzene rings is 3. The van der Waals surface area contributed by atoms with Crippen LogP contribution in [0.4, 0.5) is 17.1 Å². The van der Waals surface area contributed by atoms with Gasteiger partial charge in [0.15, 0.2) is 0 Å². The standard InChI is InChI=1S/C29H26ClN3O6/c1-16(2)39-29(37)18-9-11-20(12-10-18)32-26(34)19-6-5-7-21(15-19)31-25-24(30)27(35)33(28(25)36)22-14-17(3)8-13-23(22)38-4/h5-16,31H,1-4H3,(H,32,34). The Bertz CT molecular complexity index is 1500. The summed E-state index contributed by atoms with van der Waals surface area (Å²) in [5.74, 6) is -1.87. The van der Waals surface area contributed by atoms with Crippen molar-refractivity contribution in [2.24, 2.45) is 0 Å². The van der Waals surface area contributed by atoms with Crippen LogP contribution in [0.5, 0.6) is 5.75 Å². The van der Waals surface area contributed by atoms with Crippen LogP contribution in [0.15, 0.2) is 77.5 Å². The lowest BCUT2D eigenvalue weighted by molar-refractivity contribution is -0.120. The first-order valence-electron chi connectivity index (χ1n) is 12.0. The number of hydrogen-bond donors (Lipinski definition) is 2. The summed E-state index contributed by atoms with van der Waals surface area (Å²) in [6.45, 7) is 5.35. The number of methoxy groups -OCH3 is 1. The highest BCUT2D eigenvalue weighted by Gasteiger charge is 2.40. The average molecular weight is 548 g/mol. The van der Waals surface area contributed by atoms with Gasteiger partial charge in [0.25, 0.3) is 17.7 Å². The van der Waals surface area contributed by atoms with Crippen molar-refractivity contribution in [2.75, 3.05) is 22.6 Å². The van der Waals surface area contributed by atoms with Crippen molar-refractivity contribution in [3.05, 3.63) is 94.1 Å². The highest BCUT2D eigenvalue weighted by molar-refractivity contribution is 6.53. The van der Waals surface area contributed by atoms with E-state index in [2.05, 4.69) is 10.6 Å². The maximum atomic E-state index is 13.2. The number of anilines is 3. The third-order valence-electron chi connectivity index (χ3n) is 5.72. The smallest absolute Gasteiger partial charge is 0.338 e. The molecule has 1 heterocycles. The third kappa shape index (κ3) is 5.94. The molecule has 3 amide bonds. The van der Waals surface area contributed by atoms with Crippen LogP contribution in [0.2, 0.25) is 0 Å². The quantitative estimate of drug-likeness (QED) is 0.292. The van der Waals surface area contributed by atoms with E-state index in [9.17, 15) is 19.2 Å². The van der Waals surface area contributed by atoms with Gasteiger partial charge in [-0.25, -0.2) is 9.69 Å². The first kappa shape index (κ1) is 27.4. The van der Waals surface area contributed by atoms with Crippen LogP contribution in [0.1, 0.15) is 40.1 Å². The first-order chi connectivity index (χ1) is 18.6. The van der Waals surface area contributed by atoms with Crippen molar-refractivity contribution in [3.8, 4) is 5.75 Å². The molecule has 3 aromatic rings. The predicted molar refractivity (Wildman–Crippen MR) is 148 cm³/mol. The van der Waals surface area contributed by atoms with Crippen LogP contribution < -0.4 is 20.3 Å². The van der Waals surface area contributed by atoms with Gasteiger partial charge in [-0.15, -0.1) is 0 Å². The minimum absolute atomic E-state index is 0.119. The van der Waals surface area contributed by atoms with E-state index in [4.69, 9.17) is 21.1 Å². The number of hydrogen-bond acceptors (Lipinski definition) is 7. The summed E-state index contributed by atoms with van der Waals surface area (Å²) >= 11 is 6.28. The lowest BCUT2D eigenvalue weighted by Gasteiger charge is -2.18. The number of esters is 1. The van der Waals surface area contributed by atoms with Gasteiger partial charge in [0.05, 0.1) is 24.5 Å². The van der Waals surface area contributed by atoms with E-state index in [0.717, 1.165) is 10.5 Å². The fourth-order valence-corrected chi connectivity index (χ4v) is 4.08. The molecule has 0 aromatic heterocycles. The van der Waals surface area contributed by atoms with Gasteiger partial charge in [-0.05, 0) is 80.9 Å². The van der Waals surface area contributed by atoms with Gasteiger partial charge in [0.2, 0.25) is 0 Å². The molecule has 0 unspecified atom stereocenters. The Morgan fingerprint density at radius 1 is 0.897 bits per heavy atom. The molecular formula is C29H26ClN3O6. The van der Waals surface area contributed by atoms with Gasteiger partial charge in [-0.1, -0.05) is 23.7 Å². The van der Waals surface area contributed by atoms with Crippen LogP contribution >= 0.6 is 11.6 Å². The highest BCUT2D eigenvalue weighted by atomic mass is 35.5. The molecule has 1 aliphatic rings. The van der Waals surface area contributed by atoms with E-state index in [1.807, 2.05) is 6.92 Å². The van der Waals surface area contributed by atoms with E-state index >= 15 is 0 Å². The molecule has 0 saturated heterocycles. The van der Waals surface area contributed by atoms with Gasteiger partial charge in [0.1, 0.15) is 16.5 Å². The zero-order valence-electron chi connectivity index (χ0n) is 21.7. The van der Waals surface area contributed by atoms with Crippen molar-refractivity contribution in [1.82, 2.24) is 0 Å². The summed E-state index contributed by atoms with van der Waals surface area (Å²) in [4.78, 5) is 52.0. The summed E-state index contributed by atoms with van der Waals surface area (Å²) < 4.78 is 10.5. The number of ether oxygens (including phenoxy) is 2. The Morgan fingerprint density at radius 2 is 1.62 bits per heavy atom. The number of nitrogens with one attached hydrogen (secondary N) is 2. The lowest BCUT2D eigenvalue weighted by atomic mass is 10.1. The fourth-order valence-electron chi connectivity index (χ4n) is 3.86. The molecule has 0 radical (unpaired) electrons. The maximum absolute atomic E-state index is 13.2. The van der Waals surface area contributed by atoms with E-state index in [-0.39, 0.29) is 28.1 Å². The monoisotopic (exact) mass is 547 g/mol. The minimum Gasteiger partial charge on any atom is -0.495 e. The Morgan fingerprint density at radius 3 is 2.28 bits per heavy atom. The number of rotatable bonds is 8. The van der Waals surface area contributed by atoms with Gasteiger partial charge < -0.3 is 20.1 Å². The minimum atomic E-state index is -0.692. The summed E-state index contributed by atoms with van der Waals surface area (Å²) in [6, 6.07) is 17.8. The predicted octanol–water partition coefficient (Wildman–Crippen LogP) is 5.26. The van der Waals surface area contributed by atoms with E-state index in [1.54, 1.807) is 74.5 Å². The van der Waals surface area contributed by atoms with Crippen molar-refractivity contribution in [2.45, 2.75) is 26.9 Å². The molecule has 3 aromatic carbocycles. The van der Waals surface area contributed by atoms with Crippen LogP contribution in [0.25, 0.3) is 0 Å². The number of halogens is 1. The average Bonchev–Trinajstić information content (AvgIpc) is 3.11. The molecule has 9 nitrogen and oxygen atoms in total. The first-order valence-corrected chi connectivity index (χ1v) is 12.4. The molecule has 0 aliphatic carbocycles. The summed E-state index contributed by atoms with van der Waals surface area (Å²) in [6.07, 6.45) is -0.241. The molecule has 0 fully saturated rings. The van der Waals surface area contributed by atoms with Crippen molar-refractivity contribution < 1.29 is 28.7 Å². The highest BCUT2D eigenvalue weighted by Crippen LogP contribution is 2.36. The molecule has 0 bridgehead atoms. The van der Waals surface area contributed by atoms with E-state index < -0.39 is 23.7 Å². The normalized spacial score (nSPS) is 13.1. The number of carbonyl (C=O) groups is 4.